The van der Waals surface area contributed by atoms with E-state index < -0.39 is 17.6 Å². The number of rotatable bonds is 3. The number of aromatic nitrogens is 3. The molecule has 0 bridgehead atoms. The Morgan fingerprint density at radius 3 is 2.64 bits per heavy atom. The summed E-state index contributed by atoms with van der Waals surface area (Å²) in [5, 5.41) is 4.24. The number of azide groups is 1. The number of carbonyl (C=O) groups is 1. The van der Waals surface area contributed by atoms with E-state index in [2.05, 4.69) is 15.0 Å². The van der Waals surface area contributed by atoms with E-state index in [9.17, 15) is 9.59 Å². The first-order chi connectivity index (χ1) is 13.0. The largest absolute Gasteiger partial charge is 0.455 e. The van der Waals surface area contributed by atoms with Crippen LogP contribution < -0.4 is 5.56 Å². The lowest BCUT2D eigenvalue weighted by Gasteiger charge is -2.19. The van der Waals surface area contributed by atoms with Gasteiger partial charge in [-0.25, -0.2) is 9.78 Å². The van der Waals surface area contributed by atoms with Crippen LogP contribution in [-0.2, 0) is 11.8 Å². The van der Waals surface area contributed by atoms with Crippen molar-refractivity contribution in [3.05, 3.63) is 56.1 Å². The van der Waals surface area contributed by atoms with Gasteiger partial charge in [0.1, 0.15) is 11.9 Å². The standard InChI is InChI=1S/C19H22N6O3/c1-10-7-12(11(2)22-23-20)15-13(8-10)17(26)24(6)16-14(21-9-25(15)16)18(27)28-19(3,4)5/h7-9,11H,1-6H3. The van der Waals surface area contributed by atoms with Crippen molar-refractivity contribution in [2.24, 2.45) is 12.2 Å². The van der Waals surface area contributed by atoms with Crippen LogP contribution in [0, 0.1) is 6.92 Å². The molecule has 0 aliphatic carbocycles. The Morgan fingerprint density at radius 1 is 1.36 bits per heavy atom. The fraction of sp³-hybridized carbons (Fsp3) is 0.421. The molecule has 3 aromatic rings. The van der Waals surface area contributed by atoms with E-state index in [1.165, 1.54) is 10.9 Å². The summed E-state index contributed by atoms with van der Waals surface area (Å²) in [6.45, 7) is 8.92. The molecule has 0 radical (unpaired) electrons. The third-order valence-corrected chi connectivity index (χ3v) is 4.39. The van der Waals surface area contributed by atoms with E-state index in [0.717, 1.165) is 5.56 Å². The fourth-order valence-electron chi connectivity index (χ4n) is 3.27. The average Bonchev–Trinajstić information content (AvgIpc) is 3.02. The topological polar surface area (TPSA) is 114 Å². The second-order valence-corrected chi connectivity index (χ2v) is 7.78. The lowest BCUT2D eigenvalue weighted by atomic mass is 10.0. The summed E-state index contributed by atoms with van der Waals surface area (Å²) in [5.74, 6) is -0.610. The van der Waals surface area contributed by atoms with Gasteiger partial charge in [-0.2, -0.15) is 0 Å². The van der Waals surface area contributed by atoms with Crippen LogP contribution in [0.1, 0.15) is 55.4 Å². The Balaban J connectivity index is 2.43. The number of carbonyl (C=O) groups excluding carboxylic acids is 1. The maximum absolute atomic E-state index is 13.1. The van der Waals surface area contributed by atoms with E-state index >= 15 is 0 Å². The third kappa shape index (κ3) is 3.20. The molecule has 2 aromatic heterocycles. The highest BCUT2D eigenvalue weighted by atomic mass is 16.6. The minimum Gasteiger partial charge on any atom is -0.455 e. The summed E-state index contributed by atoms with van der Waals surface area (Å²) < 4.78 is 8.50. The number of nitrogens with zero attached hydrogens (tertiary/aromatic N) is 6. The van der Waals surface area contributed by atoms with E-state index in [-0.39, 0.29) is 11.3 Å². The summed E-state index contributed by atoms with van der Waals surface area (Å²) in [4.78, 5) is 32.8. The van der Waals surface area contributed by atoms with Crippen molar-refractivity contribution >= 4 is 22.5 Å². The molecule has 0 aliphatic heterocycles. The lowest BCUT2D eigenvalue weighted by molar-refractivity contribution is 0.00653. The maximum atomic E-state index is 13.1. The first-order valence-corrected chi connectivity index (χ1v) is 8.83. The molecule has 2 heterocycles. The predicted octanol–water partition coefficient (Wildman–Crippen LogP) is 3.82. The highest BCUT2D eigenvalue weighted by Gasteiger charge is 2.25. The number of imidazole rings is 1. The molecule has 3 rings (SSSR count). The van der Waals surface area contributed by atoms with E-state index in [1.54, 1.807) is 45.2 Å². The van der Waals surface area contributed by atoms with Crippen molar-refractivity contribution < 1.29 is 9.53 Å². The molecule has 0 saturated carbocycles. The van der Waals surface area contributed by atoms with Crippen LogP contribution in [0.2, 0.25) is 0 Å². The molecule has 0 fully saturated rings. The molecular formula is C19H22N6O3. The monoisotopic (exact) mass is 382 g/mol. The van der Waals surface area contributed by atoms with Crippen molar-refractivity contribution in [2.45, 2.75) is 46.3 Å². The molecule has 0 N–H and O–H groups in total. The van der Waals surface area contributed by atoms with E-state index in [0.29, 0.717) is 22.1 Å². The number of hydrogen-bond acceptors (Lipinski definition) is 5. The van der Waals surface area contributed by atoms with Gasteiger partial charge < -0.3 is 4.74 Å². The summed E-state index contributed by atoms with van der Waals surface area (Å²) in [7, 11) is 1.59. The van der Waals surface area contributed by atoms with Crippen LogP contribution in [0.5, 0.6) is 0 Å². The van der Waals surface area contributed by atoms with Gasteiger partial charge >= 0.3 is 5.97 Å². The molecule has 1 aromatic carbocycles. The summed E-state index contributed by atoms with van der Waals surface area (Å²) >= 11 is 0. The van der Waals surface area contributed by atoms with Gasteiger partial charge in [0.15, 0.2) is 11.3 Å². The lowest BCUT2D eigenvalue weighted by Crippen LogP contribution is -2.26. The zero-order valence-electron chi connectivity index (χ0n) is 16.7. The predicted molar refractivity (Wildman–Crippen MR) is 105 cm³/mol. The minimum atomic E-state index is -0.693. The summed E-state index contributed by atoms with van der Waals surface area (Å²) in [6.07, 6.45) is 1.48. The number of benzene rings is 1. The van der Waals surface area contributed by atoms with Crippen molar-refractivity contribution in [2.75, 3.05) is 0 Å². The van der Waals surface area contributed by atoms with Crippen LogP contribution in [-0.4, -0.2) is 25.5 Å². The molecule has 9 heteroatoms. The summed E-state index contributed by atoms with van der Waals surface area (Å²) in [5.41, 5.74) is 10.4. The minimum absolute atomic E-state index is 0.0550. The fourth-order valence-corrected chi connectivity index (χ4v) is 3.27. The highest BCUT2D eigenvalue weighted by molar-refractivity contribution is 5.96. The SMILES string of the molecule is Cc1cc(C(C)N=[N+]=[N-])c2c(c1)c(=O)n(C)c1c(C(=O)OC(C)(C)C)ncn21. The van der Waals surface area contributed by atoms with Gasteiger partial charge in [-0.05, 0) is 50.4 Å². The van der Waals surface area contributed by atoms with Gasteiger partial charge in [-0.3, -0.25) is 13.8 Å². The second kappa shape index (κ2) is 6.69. The normalized spacial score (nSPS) is 12.8. The Bertz CT molecular complexity index is 1210. The van der Waals surface area contributed by atoms with Gasteiger partial charge in [0.25, 0.3) is 5.56 Å². The number of esters is 1. The van der Waals surface area contributed by atoms with Gasteiger partial charge in [0, 0.05) is 12.0 Å². The van der Waals surface area contributed by atoms with Crippen molar-refractivity contribution in [3.8, 4) is 0 Å². The smallest absolute Gasteiger partial charge is 0.361 e. The van der Waals surface area contributed by atoms with Crippen LogP contribution in [0.25, 0.3) is 27.0 Å². The van der Waals surface area contributed by atoms with Gasteiger partial charge in [-0.1, -0.05) is 18.1 Å². The van der Waals surface area contributed by atoms with E-state index in [4.69, 9.17) is 10.3 Å². The van der Waals surface area contributed by atoms with Gasteiger partial charge in [-0.15, -0.1) is 0 Å². The Hall–Kier alpha value is -3.32. The Kier molecular flexibility index (Phi) is 4.64. The van der Waals surface area contributed by atoms with Crippen molar-refractivity contribution in [1.82, 2.24) is 14.0 Å². The summed E-state index contributed by atoms with van der Waals surface area (Å²) in [6, 6.07) is 3.14. The average molecular weight is 382 g/mol. The molecule has 0 spiro atoms. The number of aryl methyl sites for hydroxylation is 2. The second-order valence-electron chi connectivity index (χ2n) is 7.78. The van der Waals surface area contributed by atoms with Crippen LogP contribution in [0.3, 0.4) is 0 Å². The van der Waals surface area contributed by atoms with Crippen LogP contribution in [0.15, 0.2) is 28.4 Å². The Labute approximate surface area is 161 Å². The van der Waals surface area contributed by atoms with Gasteiger partial charge in [0.05, 0.1) is 16.9 Å². The molecule has 28 heavy (non-hydrogen) atoms. The first-order valence-electron chi connectivity index (χ1n) is 8.83. The molecule has 1 unspecified atom stereocenters. The number of fused-ring (bicyclic) bond motifs is 3. The molecule has 0 amide bonds. The molecule has 0 saturated heterocycles. The van der Waals surface area contributed by atoms with Gasteiger partial charge in [0.2, 0.25) is 0 Å². The maximum Gasteiger partial charge on any atom is 0.361 e. The highest BCUT2D eigenvalue weighted by Crippen LogP contribution is 2.28. The zero-order chi connectivity index (χ0) is 20.8. The van der Waals surface area contributed by atoms with Crippen molar-refractivity contribution in [1.29, 1.82) is 0 Å². The van der Waals surface area contributed by atoms with Crippen molar-refractivity contribution in [3.63, 3.8) is 0 Å². The van der Waals surface area contributed by atoms with Crippen LogP contribution >= 0.6 is 0 Å². The Morgan fingerprint density at radius 2 is 2.04 bits per heavy atom. The first kappa shape index (κ1) is 19.4. The molecule has 9 nitrogen and oxygen atoms in total. The molecule has 1 atom stereocenters. The molecule has 0 aliphatic rings. The molecule has 146 valence electrons. The molecular weight excluding hydrogens is 360 g/mol. The zero-order valence-corrected chi connectivity index (χ0v) is 16.7. The quantitative estimate of drug-likeness (QED) is 0.296. The number of ether oxygens (including phenoxy) is 1. The third-order valence-electron chi connectivity index (χ3n) is 4.39. The number of hydrogen-bond donors (Lipinski definition) is 0. The van der Waals surface area contributed by atoms with E-state index in [1.807, 2.05) is 13.0 Å². The van der Waals surface area contributed by atoms with Crippen LogP contribution in [0.4, 0.5) is 0 Å².